The largest absolute Gasteiger partial charge is 0.394 e. The van der Waals surface area contributed by atoms with Crippen LogP contribution in [0.25, 0.3) is 0 Å². The number of aliphatic hydroxyl groups is 1. The van der Waals surface area contributed by atoms with Crippen molar-refractivity contribution < 1.29 is 27.9 Å². The zero-order valence-electron chi connectivity index (χ0n) is 17.7. The lowest BCUT2D eigenvalue weighted by molar-refractivity contribution is -0.130. The molecule has 0 spiro atoms. The maximum atomic E-state index is 12.4. The SMILES string of the molecule is C[C@H](NC(=O)C(CO)NS(=O)(=O)Cc1ccccc1)C(=O)NC(C=O)CCCN=C(N)N. The molecular weight excluding hydrogens is 440 g/mol. The lowest BCUT2D eigenvalue weighted by Gasteiger charge is -2.21. The van der Waals surface area contributed by atoms with Gasteiger partial charge >= 0.3 is 0 Å². The van der Waals surface area contributed by atoms with Gasteiger partial charge in [-0.3, -0.25) is 14.6 Å². The number of rotatable bonds is 14. The second kappa shape index (κ2) is 13.4. The molecule has 12 nitrogen and oxygen atoms in total. The van der Waals surface area contributed by atoms with E-state index in [2.05, 4.69) is 20.3 Å². The third kappa shape index (κ3) is 10.3. The summed E-state index contributed by atoms with van der Waals surface area (Å²) in [6.45, 7) is 0.841. The van der Waals surface area contributed by atoms with E-state index in [9.17, 15) is 27.9 Å². The number of guanidine groups is 1. The maximum absolute atomic E-state index is 12.4. The summed E-state index contributed by atoms with van der Waals surface area (Å²) < 4.78 is 26.7. The molecule has 1 aromatic carbocycles. The fourth-order valence-corrected chi connectivity index (χ4v) is 3.94. The number of hydrogen-bond acceptors (Lipinski definition) is 7. The van der Waals surface area contributed by atoms with Crippen LogP contribution in [0.3, 0.4) is 0 Å². The van der Waals surface area contributed by atoms with Gasteiger partial charge in [-0.25, -0.2) is 13.1 Å². The highest BCUT2D eigenvalue weighted by Crippen LogP contribution is 2.05. The molecule has 0 aliphatic heterocycles. The van der Waals surface area contributed by atoms with E-state index in [1.807, 2.05) is 0 Å². The first-order chi connectivity index (χ1) is 15.1. The van der Waals surface area contributed by atoms with Crippen LogP contribution in [-0.2, 0) is 30.2 Å². The Morgan fingerprint density at radius 2 is 1.81 bits per heavy atom. The van der Waals surface area contributed by atoms with E-state index in [1.54, 1.807) is 30.3 Å². The molecule has 0 heterocycles. The second-order valence-electron chi connectivity index (χ2n) is 7.03. The topological polar surface area (TPSA) is 206 Å². The number of nitrogens with zero attached hydrogens (tertiary/aromatic N) is 1. The van der Waals surface area contributed by atoms with E-state index < -0.39 is 46.6 Å². The third-order valence-electron chi connectivity index (χ3n) is 4.23. The molecule has 0 fully saturated rings. The van der Waals surface area contributed by atoms with Crippen LogP contribution in [0.2, 0.25) is 0 Å². The molecule has 0 aromatic heterocycles. The first kappa shape index (κ1) is 27.0. The predicted molar refractivity (Wildman–Crippen MR) is 119 cm³/mol. The molecule has 0 aliphatic rings. The number of nitrogens with two attached hydrogens (primary N) is 2. The Balaban J connectivity index is 2.60. The molecule has 32 heavy (non-hydrogen) atoms. The number of aliphatic hydroxyl groups excluding tert-OH is 1. The number of nitrogens with one attached hydrogen (secondary N) is 3. The molecule has 2 amide bonds. The molecule has 0 saturated heterocycles. The number of hydrogen-bond donors (Lipinski definition) is 6. The Hall–Kier alpha value is -3.03. The molecule has 1 aromatic rings. The Morgan fingerprint density at radius 3 is 2.38 bits per heavy atom. The van der Waals surface area contributed by atoms with Crippen LogP contribution in [0.4, 0.5) is 0 Å². The van der Waals surface area contributed by atoms with Gasteiger partial charge in [-0.1, -0.05) is 30.3 Å². The normalized spacial score (nSPS) is 13.9. The molecular formula is C19H30N6O6S. The number of carbonyl (C=O) groups excluding carboxylic acids is 3. The van der Waals surface area contributed by atoms with Crippen LogP contribution in [0.1, 0.15) is 25.3 Å². The van der Waals surface area contributed by atoms with Crippen molar-refractivity contribution in [3.63, 3.8) is 0 Å². The van der Waals surface area contributed by atoms with Gasteiger partial charge in [0.25, 0.3) is 0 Å². The van der Waals surface area contributed by atoms with Gasteiger partial charge in [-0.05, 0) is 25.3 Å². The van der Waals surface area contributed by atoms with Crippen molar-refractivity contribution >= 4 is 34.1 Å². The Morgan fingerprint density at radius 1 is 1.16 bits per heavy atom. The van der Waals surface area contributed by atoms with Crippen LogP contribution >= 0.6 is 0 Å². The van der Waals surface area contributed by atoms with E-state index in [0.717, 1.165) is 0 Å². The Labute approximate surface area is 186 Å². The standard InChI is InChI=1S/C19H30N6O6S/c1-13(17(28)24-15(10-26)8-5-9-22-19(20)21)23-18(29)16(11-27)25-32(30,31)12-14-6-3-2-4-7-14/h2-4,6-7,10,13,15-16,25,27H,5,8-9,11-12H2,1H3,(H,23,29)(H,24,28)(H4,20,21,22)/t13-,15?,16?/m0/s1. The zero-order valence-corrected chi connectivity index (χ0v) is 18.5. The van der Waals surface area contributed by atoms with Crippen LogP contribution in [0.15, 0.2) is 35.3 Å². The van der Waals surface area contributed by atoms with Gasteiger partial charge in [0, 0.05) is 6.54 Å². The molecule has 8 N–H and O–H groups in total. The lowest BCUT2D eigenvalue weighted by Crippen LogP contribution is -2.55. The summed E-state index contributed by atoms with van der Waals surface area (Å²) in [7, 11) is -3.94. The fraction of sp³-hybridized carbons (Fsp3) is 0.474. The molecule has 3 atom stereocenters. The van der Waals surface area contributed by atoms with E-state index >= 15 is 0 Å². The van der Waals surface area contributed by atoms with Crippen LogP contribution in [0, 0.1) is 0 Å². The van der Waals surface area contributed by atoms with Gasteiger partial charge in [0.2, 0.25) is 21.8 Å². The molecule has 178 valence electrons. The van der Waals surface area contributed by atoms with Crippen molar-refractivity contribution in [3.05, 3.63) is 35.9 Å². The van der Waals surface area contributed by atoms with Crippen molar-refractivity contribution in [3.8, 4) is 0 Å². The van der Waals surface area contributed by atoms with Gasteiger partial charge in [-0.2, -0.15) is 0 Å². The number of carbonyl (C=O) groups is 3. The monoisotopic (exact) mass is 470 g/mol. The number of sulfonamides is 1. The van der Waals surface area contributed by atoms with Crippen molar-refractivity contribution in [1.82, 2.24) is 15.4 Å². The van der Waals surface area contributed by atoms with E-state index in [1.165, 1.54) is 6.92 Å². The minimum Gasteiger partial charge on any atom is -0.394 e. The average molecular weight is 471 g/mol. The summed E-state index contributed by atoms with van der Waals surface area (Å²) in [6.07, 6.45) is 1.28. The molecule has 0 bridgehead atoms. The van der Waals surface area contributed by atoms with E-state index in [0.29, 0.717) is 18.3 Å². The van der Waals surface area contributed by atoms with E-state index in [-0.39, 0.29) is 24.7 Å². The first-order valence-electron chi connectivity index (χ1n) is 9.84. The lowest BCUT2D eigenvalue weighted by atomic mass is 10.1. The summed E-state index contributed by atoms with van der Waals surface area (Å²) in [6, 6.07) is 4.92. The number of amides is 2. The van der Waals surface area contributed by atoms with Crippen molar-refractivity contribution in [2.75, 3.05) is 13.2 Å². The van der Waals surface area contributed by atoms with Crippen LogP contribution in [-0.4, -0.2) is 68.9 Å². The van der Waals surface area contributed by atoms with Crippen molar-refractivity contribution in [2.24, 2.45) is 16.5 Å². The minimum atomic E-state index is -3.94. The number of benzene rings is 1. The molecule has 2 unspecified atom stereocenters. The number of aldehydes is 1. The zero-order chi connectivity index (χ0) is 24.1. The number of aliphatic imine (C=N–C) groups is 1. The van der Waals surface area contributed by atoms with Crippen molar-refractivity contribution in [1.29, 1.82) is 0 Å². The van der Waals surface area contributed by atoms with Gasteiger partial charge < -0.3 is 32.0 Å². The molecule has 0 aliphatic carbocycles. The minimum absolute atomic E-state index is 0.0779. The average Bonchev–Trinajstić information content (AvgIpc) is 2.74. The molecule has 13 heteroatoms. The summed E-state index contributed by atoms with van der Waals surface area (Å²) >= 11 is 0. The summed E-state index contributed by atoms with van der Waals surface area (Å²) in [5.74, 6) is -2.00. The summed E-state index contributed by atoms with van der Waals surface area (Å²) in [5, 5.41) is 14.2. The van der Waals surface area contributed by atoms with Crippen molar-refractivity contribution in [2.45, 2.75) is 43.6 Å². The quantitative estimate of drug-likeness (QED) is 0.0753. The smallest absolute Gasteiger partial charge is 0.242 e. The van der Waals surface area contributed by atoms with E-state index in [4.69, 9.17) is 11.5 Å². The summed E-state index contributed by atoms with van der Waals surface area (Å²) in [5.41, 5.74) is 10.9. The maximum Gasteiger partial charge on any atom is 0.242 e. The van der Waals surface area contributed by atoms with Gasteiger partial charge in [-0.15, -0.1) is 0 Å². The van der Waals surface area contributed by atoms with Gasteiger partial charge in [0.15, 0.2) is 5.96 Å². The first-order valence-corrected chi connectivity index (χ1v) is 11.5. The highest BCUT2D eigenvalue weighted by atomic mass is 32.2. The van der Waals surface area contributed by atoms with Crippen LogP contribution in [0.5, 0.6) is 0 Å². The fourth-order valence-electron chi connectivity index (χ4n) is 2.61. The summed E-state index contributed by atoms with van der Waals surface area (Å²) in [4.78, 5) is 39.6. The predicted octanol–water partition coefficient (Wildman–Crippen LogP) is -2.29. The molecule has 1 rings (SSSR count). The third-order valence-corrected chi connectivity index (χ3v) is 5.59. The Kier molecular flexibility index (Phi) is 11.3. The molecule has 0 saturated carbocycles. The highest BCUT2D eigenvalue weighted by Gasteiger charge is 2.27. The van der Waals surface area contributed by atoms with Crippen LogP contribution < -0.4 is 26.8 Å². The van der Waals surface area contributed by atoms with Gasteiger partial charge in [0.1, 0.15) is 18.4 Å². The Bertz CT molecular complexity index is 889. The second-order valence-corrected chi connectivity index (χ2v) is 8.78. The molecule has 0 radical (unpaired) electrons. The van der Waals surface area contributed by atoms with Gasteiger partial charge in [0.05, 0.1) is 18.4 Å². The highest BCUT2D eigenvalue weighted by molar-refractivity contribution is 7.88.